The minimum Gasteiger partial charge on any atom is -0.456 e. The van der Waals surface area contributed by atoms with Crippen LogP contribution in [0.25, 0.3) is 12.2 Å². The summed E-state index contributed by atoms with van der Waals surface area (Å²) in [6.45, 7) is 0. The van der Waals surface area contributed by atoms with E-state index in [0.717, 1.165) is 27.1 Å². The van der Waals surface area contributed by atoms with Crippen molar-refractivity contribution in [3.8, 4) is 11.5 Å². The Morgan fingerprint density at radius 2 is 1.62 bits per heavy atom. The van der Waals surface area contributed by atoms with Crippen LogP contribution in [-0.2, 0) is 0 Å². The molecular formula is C14H9BrO. The lowest BCUT2D eigenvalue weighted by Gasteiger charge is -2.08. The maximum Gasteiger partial charge on any atom is 0.135 e. The molecule has 0 N–H and O–H groups in total. The number of para-hydroxylation sites is 1. The van der Waals surface area contributed by atoms with Crippen molar-refractivity contribution in [2.45, 2.75) is 0 Å². The average molecular weight is 273 g/mol. The molecule has 1 heterocycles. The molecular weight excluding hydrogens is 264 g/mol. The van der Waals surface area contributed by atoms with Crippen molar-refractivity contribution in [1.29, 1.82) is 0 Å². The van der Waals surface area contributed by atoms with Crippen molar-refractivity contribution in [1.82, 2.24) is 0 Å². The second kappa shape index (κ2) is 3.80. The van der Waals surface area contributed by atoms with Gasteiger partial charge in [0.1, 0.15) is 11.5 Å². The van der Waals surface area contributed by atoms with Gasteiger partial charge < -0.3 is 4.74 Å². The van der Waals surface area contributed by atoms with E-state index >= 15 is 0 Å². The Labute approximate surface area is 103 Å². The maximum absolute atomic E-state index is 5.89. The highest BCUT2D eigenvalue weighted by molar-refractivity contribution is 9.10. The predicted octanol–water partition coefficient (Wildman–Crippen LogP) is 4.73. The minimum atomic E-state index is 0.885. The fraction of sp³-hybridized carbons (Fsp3) is 0. The van der Waals surface area contributed by atoms with Crippen LogP contribution in [0.15, 0.2) is 46.9 Å². The lowest BCUT2D eigenvalue weighted by Crippen LogP contribution is -1.87. The third kappa shape index (κ3) is 1.55. The van der Waals surface area contributed by atoms with E-state index in [0.29, 0.717) is 0 Å². The summed E-state index contributed by atoms with van der Waals surface area (Å²) in [5.41, 5.74) is 2.18. The molecule has 0 saturated carbocycles. The van der Waals surface area contributed by atoms with E-state index < -0.39 is 0 Å². The fourth-order valence-corrected chi connectivity index (χ4v) is 2.25. The topological polar surface area (TPSA) is 9.23 Å². The van der Waals surface area contributed by atoms with E-state index in [1.807, 2.05) is 42.5 Å². The van der Waals surface area contributed by atoms with Crippen molar-refractivity contribution >= 4 is 28.1 Å². The van der Waals surface area contributed by atoms with Gasteiger partial charge in [-0.3, -0.25) is 0 Å². The number of benzene rings is 2. The van der Waals surface area contributed by atoms with E-state index in [9.17, 15) is 0 Å². The zero-order valence-electron chi connectivity index (χ0n) is 8.48. The second-order valence-corrected chi connectivity index (χ2v) is 4.48. The van der Waals surface area contributed by atoms with Crippen LogP contribution in [0, 0.1) is 0 Å². The molecule has 0 spiro atoms. The highest BCUT2D eigenvalue weighted by Gasteiger charge is 2.11. The van der Waals surface area contributed by atoms with Gasteiger partial charge in [-0.1, -0.05) is 46.3 Å². The number of hydrogen-bond donors (Lipinski definition) is 0. The fourth-order valence-electron chi connectivity index (χ4n) is 1.77. The van der Waals surface area contributed by atoms with Gasteiger partial charge in [-0.2, -0.15) is 0 Å². The maximum atomic E-state index is 5.89. The number of halogens is 1. The third-order valence-corrected chi connectivity index (χ3v) is 3.27. The first-order valence-electron chi connectivity index (χ1n) is 5.08. The lowest BCUT2D eigenvalue weighted by molar-refractivity contribution is 0.481. The second-order valence-electron chi connectivity index (χ2n) is 3.62. The van der Waals surface area contributed by atoms with Crippen molar-refractivity contribution in [3.05, 3.63) is 58.1 Å². The summed E-state index contributed by atoms with van der Waals surface area (Å²) in [5, 5.41) is 0. The van der Waals surface area contributed by atoms with Crippen LogP contribution in [0.3, 0.4) is 0 Å². The highest BCUT2D eigenvalue weighted by Crippen LogP contribution is 2.36. The van der Waals surface area contributed by atoms with Crippen molar-refractivity contribution in [3.63, 3.8) is 0 Å². The molecule has 78 valence electrons. The Hall–Kier alpha value is -1.54. The molecule has 2 aromatic carbocycles. The van der Waals surface area contributed by atoms with E-state index in [1.54, 1.807) is 0 Å². The molecule has 0 aromatic heterocycles. The predicted molar refractivity (Wildman–Crippen MR) is 69.6 cm³/mol. The van der Waals surface area contributed by atoms with Gasteiger partial charge in [-0.15, -0.1) is 0 Å². The average Bonchev–Trinajstić information content (AvgIpc) is 2.48. The Kier molecular flexibility index (Phi) is 2.29. The van der Waals surface area contributed by atoms with Gasteiger partial charge in [-0.25, -0.2) is 0 Å². The number of hydrogen-bond acceptors (Lipinski definition) is 1. The summed E-state index contributed by atoms with van der Waals surface area (Å²) in [4.78, 5) is 0. The first kappa shape index (κ1) is 9.67. The van der Waals surface area contributed by atoms with E-state index in [1.165, 1.54) is 0 Å². The van der Waals surface area contributed by atoms with E-state index in [4.69, 9.17) is 4.74 Å². The molecule has 0 unspecified atom stereocenters. The molecule has 2 aromatic rings. The first-order chi connectivity index (χ1) is 7.84. The van der Waals surface area contributed by atoms with Crippen LogP contribution in [0.4, 0.5) is 0 Å². The van der Waals surface area contributed by atoms with Crippen molar-refractivity contribution in [2.75, 3.05) is 0 Å². The molecule has 0 atom stereocenters. The Morgan fingerprint density at radius 3 is 2.56 bits per heavy atom. The Morgan fingerprint density at radius 1 is 0.812 bits per heavy atom. The molecule has 1 aliphatic heterocycles. The van der Waals surface area contributed by atoms with Crippen LogP contribution in [0.2, 0.25) is 0 Å². The van der Waals surface area contributed by atoms with Crippen LogP contribution in [-0.4, -0.2) is 0 Å². The van der Waals surface area contributed by atoms with Crippen LogP contribution >= 0.6 is 15.9 Å². The molecule has 3 rings (SSSR count). The lowest BCUT2D eigenvalue weighted by atomic mass is 10.1. The SMILES string of the molecule is Brc1cccc2c1C=Cc1ccccc1O2. The van der Waals surface area contributed by atoms with Gasteiger partial charge >= 0.3 is 0 Å². The van der Waals surface area contributed by atoms with Gasteiger partial charge in [-0.05, 0) is 24.3 Å². The Balaban J connectivity index is 2.21. The van der Waals surface area contributed by atoms with Crippen LogP contribution in [0.5, 0.6) is 11.5 Å². The molecule has 1 aliphatic rings. The van der Waals surface area contributed by atoms with Gasteiger partial charge in [0.2, 0.25) is 0 Å². The zero-order chi connectivity index (χ0) is 11.0. The number of rotatable bonds is 0. The minimum absolute atomic E-state index is 0.885. The summed E-state index contributed by atoms with van der Waals surface area (Å²) in [6.07, 6.45) is 4.15. The summed E-state index contributed by atoms with van der Waals surface area (Å²) in [6, 6.07) is 14.0. The molecule has 0 aliphatic carbocycles. The largest absolute Gasteiger partial charge is 0.456 e. The van der Waals surface area contributed by atoms with Crippen molar-refractivity contribution < 1.29 is 4.74 Å². The molecule has 0 fully saturated rings. The van der Waals surface area contributed by atoms with Crippen molar-refractivity contribution in [2.24, 2.45) is 0 Å². The van der Waals surface area contributed by atoms with E-state index in [2.05, 4.69) is 28.1 Å². The smallest absolute Gasteiger partial charge is 0.135 e. The van der Waals surface area contributed by atoms with Gasteiger partial charge in [0.15, 0.2) is 0 Å². The number of ether oxygens (including phenoxy) is 1. The molecule has 2 heteroatoms. The van der Waals surface area contributed by atoms with Crippen LogP contribution < -0.4 is 4.74 Å². The standard InChI is InChI=1S/C14H9BrO/c15-12-5-3-7-14-11(12)9-8-10-4-1-2-6-13(10)16-14/h1-9H. The Bertz CT molecular complexity index is 573. The van der Waals surface area contributed by atoms with Gasteiger partial charge in [0, 0.05) is 15.6 Å². The molecule has 16 heavy (non-hydrogen) atoms. The highest BCUT2D eigenvalue weighted by atomic mass is 79.9. The molecule has 0 saturated heterocycles. The summed E-state index contributed by atoms with van der Waals surface area (Å²) in [7, 11) is 0. The molecule has 1 nitrogen and oxygen atoms in total. The summed E-state index contributed by atoms with van der Waals surface area (Å²) < 4.78 is 6.94. The monoisotopic (exact) mass is 272 g/mol. The molecule has 0 radical (unpaired) electrons. The molecule has 0 bridgehead atoms. The van der Waals surface area contributed by atoms with Crippen LogP contribution in [0.1, 0.15) is 11.1 Å². The normalized spacial score (nSPS) is 12.3. The number of fused-ring (bicyclic) bond motifs is 2. The van der Waals surface area contributed by atoms with Gasteiger partial charge in [0.05, 0.1) is 0 Å². The molecule has 0 amide bonds. The third-order valence-electron chi connectivity index (χ3n) is 2.58. The first-order valence-corrected chi connectivity index (χ1v) is 5.87. The zero-order valence-corrected chi connectivity index (χ0v) is 10.1. The quantitative estimate of drug-likeness (QED) is 0.575. The van der Waals surface area contributed by atoms with E-state index in [-0.39, 0.29) is 0 Å². The summed E-state index contributed by atoms with van der Waals surface area (Å²) >= 11 is 3.53. The van der Waals surface area contributed by atoms with Gasteiger partial charge in [0.25, 0.3) is 0 Å². The summed E-state index contributed by atoms with van der Waals surface area (Å²) in [5.74, 6) is 1.78.